The second-order valence-corrected chi connectivity index (χ2v) is 13.8. The van der Waals surface area contributed by atoms with Crippen LogP contribution < -0.4 is 9.47 Å². The van der Waals surface area contributed by atoms with E-state index in [1.54, 1.807) is 7.11 Å². The number of likely N-dealkylation sites (tertiary alicyclic amines) is 1. The Morgan fingerprint density at radius 3 is 2.46 bits per heavy atom. The van der Waals surface area contributed by atoms with Crippen molar-refractivity contribution in [1.82, 2.24) is 4.90 Å². The minimum Gasteiger partial charge on any atom is -0.493 e. The first-order valence-corrected chi connectivity index (χ1v) is 14.8. The third-order valence-electron chi connectivity index (χ3n) is 9.49. The Labute approximate surface area is 226 Å². The lowest BCUT2D eigenvalue weighted by Gasteiger charge is -2.61. The van der Waals surface area contributed by atoms with E-state index in [2.05, 4.69) is 65.5 Å². The standard InChI is InChI=1S/C32H53NO4/c1-9-10-16-32-17-19-33(22-23-12-11-13-23)26(31(32,7)34)21-24-14-15-25(28(35-8)27(24)32)37-30(5,6)18-20-36-29(2,3)4/h14-15,23,26,34H,9-13,16-22H2,1-8H3/t26-,31-,32+/m1/s1. The summed E-state index contributed by atoms with van der Waals surface area (Å²) < 4.78 is 18.8. The molecule has 0 unspecified atom stereocenters. The zero-order valence-corrected chi connectivity index (χ0v) is 24.9. The van der Waals surface area contributed by atoms with E-state index in [4.69, 9.17) is 14.2 Å². The third kappa shape index (κ3) is 5.70. The molecule has 1 aliphatic heterocycles. The van der Waals surface area contributed by atoms with E-state index in [9.17, 15) is 5.11 Å². The number of hydrogen-bond acceptors (Lipinski definition) is 5. The number of hydrogen-bond donors (Lipinski definition) is 1. The number of aliphatic hydroxyl groups is 1. The molecule has 2 fully saturated rings. The molecule has 0 amide bonds. The second-order valence-electron chi connectivity index (χ2n) is 13.8. The van der Waals surface area contributed by atoms with E-state index in [0.29, 0.717) is 6.61 Å². The molecular formula is C32H53NO4. The lowest BCUT2D eigenvalue weighted by molar-refractivity contribution is -0.142. The summed E-state index contributed by atoms with van der Waals surface area (Å²) in [5.74, 6) is 2.41. The molecule has 1 aromatic rings. The maximum Gasteiger partial charge on any atom is 0.164 e. The lowest BCUT2D eigenvalue weighted by Crippen LogP contribution is -2.70. The molecule has 3 aliphatic rings. The van der Waals surface area contributed by atoms with Crippen LogP contribution in [0.5, 0.6) is 11.5 Å². The number of piperidine rings is 1. The highest BCUT2D eigenvalue weighted by Crippen LogP contribution is 2.58. The van der Waals surface area contributed by atoms with Gasteiger partial charge in [-0.25, -0.2) is 0 Å². The molecule has 1 aromatic carbocycles. The highest BCUT2D eigenvalue weighted by atomic mass is 16.5. The Hall–Kier alpha value is -1.30. The summed E-state index contributed by atoms with van der Waals surface area (Å²) in [6, 6.07) is 4.50. The summed E-state index contributed by atoms with van der Waals surface area (Å²) >= 11 is 0. The number of fused-ring (bicyclic) bond motifs is 4. The van der Waals surface area contributed by atoms with Crippen molar-refractivity contribution in [2.75, 3.05) is 26.8 Å². The maximum absolute atomic E-state index is 12.4. The van der Waals surface area contributed by atoms with Gasteiger partial charge in [-0.1, -0.05) is 32.3 Å². The highest BCUT2D eigenvalue weighted by Gasteiger charge is 2.61. The Balaban J connectivity index is 1.69. The minimum absolute atomic E-state index is 0.147. The zero-order valence-electron chi connectivity index (χ0n) is 24.9. The summed E-state index contributed by atoms with van der Waals surface area (Å²) in [5, 5.41) is 12.4. The lowest BCUT2D eigenvalue weighted by atomic mass is 9.53. The van der Waals surface area contributed by atoms with Crippen LogP contribution in [-0.4, -0.2) is 59.7 Å². The fourth-order valence-electron chi connectivity index (χ4n) is 7.07. The molecule has 1 N–H and O–H groups in total. The van der Waals surface area contributed by atoms with Crippen LogP contribution in [0.25, 0.3) is 0 Å². The second kappa shape index (κ2) is 10.7. The summed E-state index contributed by atoms with van der Waals surface area (Å²) in [7, 11) is 1.76. The average Bonchev–Trinajstić information content (AvgIpc) is 2.75. The van der Waals surface area contributed by atoms with Gasteiger partial charge in [-0.3, -0.25) is 4.90 Å². The van der Waals surface area contributed by atoms with Crippen LogP contribution in [0.2, 0.25) is 0 Å². The van der Waals surface area contributed by atoms with Crippen LogP contribution in [-0.2, 0) is 16.6 Å². The SMILES string of the molecule is CCCC[C@]12CCN(CC3CCC3)[C@H](Cc3ccc(OC(C)(C)CCOC(C)(C)C)c(OC)c31)[C@@]2(C)O. The molecule has 2 bridgehead atoms. The predicted octanol–water partition coefficient (Wildman–Crippen LogP) is 6.67. The van der Waals surface area contributed by atoms with Crippen molar-refractivity contribution in [2.24, 2.45) is 5.92 Å². The van der Waals surface area contributed by atoms with Crippen molar-refractivity contribution >= 4 is 0 Å². The molecule has 37 heavy (non-hydrogen) atoms. The van der Waals surface area contributed by atoms with Gasteiger partial charge in [0.1, 0.15) is 5.60 Å². The minimum atomic E-state index is -0.820. The van der Waals surface area contributed by atoms with Crippen LogP contribution in [0.15, 0.2) is 12.1 Å². The van der Waals surface area contributed by atoms with Gasteiger partial charge in [0, 0.05) is 30.0 Å². The number of benzene rings is 1. The summed E-state index contributed by atoms with van der Waals surface area (Å²) in [4.78, 5) is 2.62. The molecule has 1 saturated carbocycles. The van der Waals surface area contributed by atoms with Crippen molar-refractivity contribution in [1.29, 1.82) is 0 Å². The largest absolute Gasteiger partial charge is 0.493 e. The number of unbranched alkanes of at least 4 members (excludes halogenated alkanes) is 1. The molecular weight excluding hydrogens is 462 g/mol. The first-order chi connectivity index (χ1) is 17.3. The van der Waals surface area contributed by atoms with E-state index in [1.807, 2.05) is 0 Å². The monoisotopic (exact) mass is 515 g/mol. The molecule has 0 radical (unpaired) electrons. The van der Waals surface area contributed by atoms with Gasteiger partial charge in [0.25, 0.3) is 0 Å². The molecule has 1 saturated heterocycles. The smallest absolute Gasteiger partial charge is 0.164 e. The fourth-order valence-corrected chi connectivity index (χ4v) is 7.07. The van der Waals surface area contributed by atoms with E-state index < -0.39 is 11.2 Å². The Kier molecular flexibility index (Phi) is 8.30. The van der Waals surface area contributed by atoms with Gasteiger partial charge in [-0.15, -0.1) is 0 Å². The average molecular weight is 516 g/mol. The number of methoxy groups -OCH3 is 1. The first-order valence-electron chi connectivity index (χ1n) is 14.8. The molecule has 5 nitrogen and oxygen atoms in total. The Morgan fingerprint density at radius 1 is 1.14 bits per heavy atom. The van der Waals surface area contributed by atoms with Crippen LogP contribution in [0.1, 0.15) is 111 Å². The van der Waals surface area contributed by atoms with E-state index >= 15 is 0 Å². The number of rotatable bonds is 11. The van der Waals surface area contributed by atoms with Gasteiger partial charge in [0.2, 0.25) is 0 Å². The van der Waals surface area contributed by atoms with Crippen molar-refractivity contribution < 1.29 is 19.3 Å². The summed E-state index contributed by atoms with van der Waals surface area (Å²) in [6.45, 7) is 17.7. The molecule has 210 valence electrons. The summed E-state index contributed by atoms with van der Waals surface area (Å²) in [5.41, 5.74) is 0.799. The van der Waals surface area contributed by atoms with Crippen molar-refractivity contribution in [3.8, 4) is 11.5 Å². The molecule has 3 atom stereocenters. The van der Waals surface area contributed by atoms with Crippen LogP contribution >= 0.6 is 0 Å². The van der Waals surface area contributed by atoms with Crippen LogP contribution in [0.3, 0.4) is 0 Å². The molecule has 0 aromatic heterocycles. The maximum atomic E-state index is 12.4. The Morgan fingerprint density at radius 2 is 1.86 bits per heavy atom. The van der Waals surface area contributed by atoms with Crippen LogP contribution in [0.4, 0.5) is 0 Å². The van der Waals surface area contributed by atoms with E-state index in [1.165, 1.54) is 30.4 Å². The number of nitrogens with zero attached hydrogens (tertiary/aromatic N) is 1. The quantitative estimate of drug-likeness (QED) is 0.357. The van der Waals surface area contributed by atoms with Gasteiger partial charge in [-0.2, -0.15) is 0 Å². The fraction of sp³-hybridized carbons (Fsp3) is 0.812. The van der Waals surface area contributed by atoms with Gasteiger partial charge >= 0.3 is 0 Å². The number of ether oxygens (including phenoxy) is 3. The van der Waals surface area contributed by atoms with Crippen molar-refractivity contribution in [3.05, 3.63) is 23.3 Å². The van der Waals surface area contributed by atoms with Gasteiger partial charge < -0.3 is 19.3 Å². The van der Waals surface area contributed by atoms with Gasteiger partial charge in [-0.05, 0) is 97.7 Å². The molecule has 0 spiro atoms. The molecule has 4 rings (SSSR count). The predicted molar refractivity (Wildman–Crippen MR) is 151 cm³/mol. The third-order valence-corrected chi connectivity index (χ3v) is 9.49. The Bertz CT molecular complexity index is 929. The van der Waals surface area contributed by atoms with Crippen molar-refractivity contribution in [3.63, 3.8) is 0 Å². The van der Waals surface area contributed by atoms with Gasteiger partial charge in [0.05, 0.1) is 24.9 Å². The van der Waals surface area contributed by atoms with Gasteiger partial charge in [0.15, 0.2) is 11.5 Å². The first kappa shape index (κ1) is 28.7. The normalized spacial score (nSPS) is 28.5. The summed E-state index contributed by atoms with van der Waals surface area (Å²) in [6.07, 6.45) is 9.82. The topological polar surface area (TPSA) is 51.2 Å². The highest BCUT2D eigenvalue weighted by molar-refractivity contribution is 5.58. The van der Waals surface area contributed by atoms with Crippen LogP contribution in [0, 0.1) is 5.92 Å². The molecule has 5 heteroatoms. The van der Waals surface area contributed by atoms with E-state index in [-0.39, 0.29) is 17.1 Å². The molecule has 1 heterocycles. The molecule has 2 aliphatic carbocycles. The van der Waals surface area contributed by atoms with E-state index in [0.717, 1.165) is 69.0 Å². The van der Waals surface area contributed by atoms with Crippen molar-refractivity contribution in [2.45, 2.75) is 135 Å². The zero-order chi connectivity index (χ0) is 27.1.